The van der Waals surface area contributed by atoms with Crippen LogP contribution in [0.5, 0.6) is 11.5 Å². The Morgan fingerprint density at radius 3 is 2.48 bits per heavy atom. The molecule has 0 aliphatic heterocycles. The molecule has 0 bridgehead atoms. The van der Waals surface area contributed by atoms with Crippen LogP contribution in [0.1, 0.15) is 10.4 Å². The highest BCUT2D eigenvalue weighted by Crippen LogP contribution is 2.24. The van der Waals surface area contributed by atoms with E-state index in [-0.39, 0.29) is 11.3 Å². The van der Waals surface area contributed by atoms with Crippen molar-refractivity contribution < 1.29 is 24.2 Å². The van der Waals surface area contributed by atoms with E-state index in [1.807, 2.05) is 0 Å². The summed E-state index contributed by atoms with van der Waals surface area (Å²) in [5.74, 6) is -1.20. The number of hydrogen-bond donors (Lipinski definition) is 2. The molecule has 2 aromatic carbocycles. The second-order valence-electron chi connectivity index (χ2n) is 4.51. The van der Waals surface area contributed by atoms with Gasteiger partial charge in [0.1, 0.15) is 17.1 Å². The van der Waals surface area contributed by atoms with E-state index in [0.29, 0.717) is 16.5 Å². The minimum absolute atomic E-state index is 0.0508. The third-order valence-electron chi connectivity index (χ3n) is 2.89. The van der Waals surface area contributed by atoms with Gasteiger partial charge in [0.15, 0.2) is 6.61 Å². The molecule has 2 rings (SSSR count). The molecule has 2 N–H and O–H groups in total. The Balaban J connectivity index is 1.91. The van der Waals surface area contributed by atoms with Gasteiger partial charge in [-0.15, -0.1) is 0 Å². The molecule has 7 heteroatoms. The molecule has 2 aromatic rings. The molecule has 6 nitrogen and oxygen atoms in total. The number of hydrogen-bond acceptors (Lipinski definition) is 5. The van der Waals surface area contributed by atoms with Crippen LogP contribution in [0.25, 0.3) is 0 Å². The molecular weight excluding hydrogens is 322 g/mol. The monoisotopic (exact) mass is 335 g/mol. The van der Waals surface area contributed by atoms with E-state index in [1.54, 1.807) is 24.3 Å². The molecule has 0 spiro atoms. The molecule has 23 heavy (non-hydrogen) atoms. The number of amides is 1. The van der Waals surface area contributed by atoms with Crippen molar-refractivity contribution in [1.29, 1.82) is 0 Å². The second kappa shape index (κ2) is 7.51. The molecule has 1 amide bonds. The first kappa shape index (κ1) is 16.6. The van der Waals surface area contributed by atoms with Gasteiger partial charge in [0.2, 0.25) is 0 Å². The minimum Gasteiger partial charge on any atom is -0.507 e. The van der Waals surface area contributed by atoms with Gasteiger partial charge in [0, 0.05) is 16.8 Å². The lowest BCUT2D eigenvalue weighted by Gasteiger charge is -2.08. The van der Waals surface area contributed by atoms with Gasteiger partial charge in [-0.05, 0) is 36.4 Å². The number of carbonyl (C=O) groups excluding carboxylic acids is 2. The van der Waals surface area contributed by atoms with Crippen molar-refractivity contribution in [1.82, 2.24) is 0 Å². The quantitative estimate of drug-likeness (QED) is 0.821. The van der Waals surface area contributed by atoms with E-state index in [0.717, 1.165) is 0 Å². The lowest BCUT2D eigenvalue weighted by Crippen LogP contribution is -2.20. The second-order valence-corrected chi connectivity index (χ2v) is 4.95. The van der Waals surface area contributed by atoms with Crippen LogP contribution in [-0.2, 0) is 9.53 Å². The summed E-state index contributed by atoms with van der Waals surface area (Å²) in [5.41, 5.74) is 0.479. The molecular formula is C16H14ClNO5. The summed E-state index contributed by atoms with van der Waals surface area (Å²) in [6, 6.07) is 10.6. The fourth-order valence-corrected chi connectivity index (χ4v) is 1.88. The molecule has 0 heterocycles. The van der Waals surface area contributed by atoms with Gasteiger partial charge in [-0.3, -0.25) is 4.79 Å². The maximum absolute atomic E-state index is 11.8. The number of nitrogens with one attached hydrogen (secondary N) is 1. The van der Waals surface area contributed by atoms with Crippen molar-refractivity contribution in [2.24, 2.45) is 0 Å². The topological polar surface area (TPSA) is 84.9 Å². The van der Waals surface area contributed by atoms with Crippen LogP contribution in [0.2, 0.25) is 5.02 Å². The van der Waals surface area contributed by atoms with Gasteiger partial charge < -0.3 is 19.9 Å². The Hall–Kier alpha value is -2.73. The van der Waals surface area contributed by atoms with E-state index < -0.39 is 18.5 Å². The van der Waals surface area contributed by atoms with Crippen LogP contribution < -0.4 is 10.1 Å². The number of halogens is 1. The predicted molar refractivity (Wildman–Crippen MR) is 85.0 cm³/mol. The summed E-state index contributed by atoms with van der Waals surface area (Å²) in [5, 5.41) is 12.8. The number of esters is 1. The largest absolute Gasteiger partial charge is 0.507 e. The standard InChI is InChI=1S/C16H14ClNO5/c1-22-12-6-7-13(14(19)8-12)16(21)23-9-15(20)18-11-4-2-10(17)3-5-11/h2-8,19H,9H2,1H3,(H,18,20). The molecule has 0 saturated carbocycles. The molecule has 0 saturated heterocycles. The highest BCUT2D eigenvalue weighted by Gasteiger charge is 2.15. The Morgan fingerprint density at radius 1 is 1.17 bits per heavy atom. The first-order chi connectivity index (χ1) is 11.0. The Labute approximate surface area is 137 Å². The summed E-state index contributed by atoms with van der Waals surface area (Å²) < 4.78 is 9.78. The SMILES string of the molecule is COc1ccc(C(=O)OCC(=O)Nc2ccc(Cl)cc2)c(O)c1. The van der Waals surface area contributed by atoms with Crippen LogP contribution in [0, 0.1) is 0 Å². The minimum atomic E-state index is -0.809. The normalized spacial score (nSPS) is 10.0. The Bertz CT molecular complexity index is 715. The van der Waals surface area contributed by atoms with E-state index in [2.05, 4.69) is 5.32 Å². The van der Waals surface area contributed by atoms with Crippen molar-refractivity contribution in [3.05, 3.63) is 53.1 Å². The molecule has 0 aromatic heterocycles. The summed E-state index contributed by atoms with van der Waals surface area (Å²) in [6.45, 7) is -0.479. The van der Waals surface area contributed by atoms with Gasteiger partial charge in [-0.25, -0.2) is 4.79 Å². The van der Waals surface area contributed by atoms with Crippen molar-refractivity contribution in [2.75, 3.05) is 19.0 Å². The van der Waals surface area contributed by atoms with Crippen LogP contribution in [0.4, 0.5) is 5.69 Å². The number of benzene rings is 2. The van der Waals surface area contributed by atoms with Gasteiger partial charge in [0.05, 0.1) is 7.11 Å². The Morgan fingerprint density at radius 2 is 1.87 bits per heavy atom. The van der Waals surface area contributed by atoms with E-state index in [1.165, 1.54) is 25.3 Å². The summed E-state index contributed by atoms with van der Waals surface area (Å²) in [7, 11) is 1.44. The number of aromatic hydroxyl groups is 1. The van der Waals surface area contributed by atoms with Crippen LogP contribution in [0.15, 0.2) is 42.5 Å². The zero-order valence-corrected chi connectivity index (χ0v) is 13.0. The third-order valence-corrected chi connectivity index (χ3v) is 3.14. The molecule has 0 radical (unpaired) electrons. The fraction of sp³-hybridized carbons (Fsp3) is 0.125. The van der Waals surface area contributed by atoms with Crippen molar-refractivity contribution in [3.8, 4) is 11.5 Å². The zero-order chi connectivity index (χ0) is 16.8. The van der Waals surface area contributed by atoms with Crippen LogP contribution in [-0.4, -0.2) is 30.7 Å². The van der Waals surface area contributed by atoms with Crippen LogP contribution >= 0.6 is 11.6 Å². The van der Waals surface area contributed by atoms with Crippen molar-refractivity contribution >= 4 is 29.2 Å². The zero-order valence-electron chi connectivity index (χ0n) is 12.2. The molecule has 120 valence electrons. The molecule has 0 aliphatic carbocycles. The first-order valence-electron chi connectivity index (χ1n) is 6.59. The number of phenolic OH excluding ortho intramolecular Hbond substituents is 1. The smallest absolute Gasteiger partial charge is 0.342 e. The lowest BCUT2D eigenvalue weighted by atomic mass is 10.2. The van der Waals surface area contributed by atoms with Crippen LogP contribution in [0.3, 0.4) is 0 Å². The maximum atomic E-state index is 11.8. The van der Waals surface area contributed by atoms with Gasteiger partial charge in [0.25, 0.3) is 5.91 Å². The average molecular weight is 336 g/mol. The van der Waals surface area contributed by atoms with E-state index in [9.17, 15) is 14.7 Å². The highest BCUT2D eigenvalue weighted by molar-refractivity contribution is 6.30. The predicted octanol–water partition coefficient (Wildman–Crippen LogP) is 2.85. The fourth-order valence-electron chi connectivity index (χ4n) is 1.75. The average Bonchev–Trinajstić information content (AvgIpc) is 2.54. The number of methoxy groups -OCH3 is 1. The summed E-state index contributed by atoms with van der Waals surface area (Å²) in [4.78, 5) is 23.6. The number of ether oxygens (including phenoxy) is 2. The third kappa shape index (κ3) is 4.62. The van der Waals surface area contributed by atoms with Gasteiger partial charge in [-0.2, -0.15) is 0 Å². The Kier molecular flexibility index (Phi) is 5.43. The van der Waals surface area contributed by atoms with Gasteiger partial charge in [-0.1, -0.05) is 11.6 Å². The molecule has 0 atom stereocenters. The lowest BCUT2D eigenvalue weighted by molar-refractivity contribution is -0.119. The maximum Gasteiger partial charge on any atom is 0.342 e. The molecule has 0 fully saturated rings. The number of carbonyl (C=O) groups is 2. The van der Waals surface area contributed by atoms with Gasteiger partial charge >= 0.3 is 5.97 Å². The van der Waals surface area contributed by atoms with Crippen molar-refractivity contribution in [3.63, 3.8) is 0 Å². The number of rotatable bonds is 5. The molecule has 0 unspecified atom stereocenters. The molecule has 0 aliphatic rings. The van der Waals surface area contributed by atoms with E-state index >= 15 is 0 Å². The summed E-state index contributed by atoms with van der Waals surface area (Å²) >= 11 is 5.74. The summed E-state index contributed by atoms with van der Waals surface area (Å²) in [6.07, 6.45) is 0. The number of anilines is 1. The van der Waals surface area contributed by atoms with E-state index in [4.69, 9.17) is 21.1 Å². The van der Waals surface area contributed by atoms with Crippen molar-refractivity contribution in [2.45, 2.75) is 0 Å². The number of phenols is 1. The highest BCUT2D eigenvalue weighted by atomic mass is 35.5. The first-order valence-corrected chi connectivity index (χ1v) is 6.97.